The van der Waals surface area contributed by atoms with Crippen LogP contribution in [0.25, 0.3) is 0 Å². The average Bonchev–Trinajstić information content (AvgIpc) is 2.48. The van der Waals surface area contributed by atoms with Gasteiger partial charge in [0, 0.05) is 5.02 Å². The van der Waals surface area contributed by atoms with Crippen molar-refractivity contribution in [2.75, 3.05) is 7.11 Å². The number of amides is 1. The highest BCUT2D eigenvalue weighted by atomic mass is 35.5. The van der Waals surface area contributed by atoms with Crippen LogP contribution in [0.4, 0.5) is 4.39 Å². The predicted molar refractivity (Wildman–Crippen MR) is 84.7 cm³/mol. The molecule has 5 heteroatoms. The molecular formula is C17H17ClFNO2. The lowest BCUT2D eigenvalue weighted by atomic mass is 10.1. The SMILES string of the molecule is COc1ccc(CC(=O)NC(C)c2ccc(Cl)cc2)cc1F. The van der Waals surface area contributed by atoms with Gasteiger partial charge < -0.3 is 10.1 Å². The summed E-state index contributed by atoms with van der Waals surface area (Å²) >= 11 is 5.84. The summed E-state index contributed by atoms with van der Waals surface area (Å²) in [7, 11) is 1.40. The summed E-state index contributed by atoms with van der Waals surface area (Å²) in [5.41, 5.74) is 1.55. The number of carbonyl (C=O) groups excluding carboxylic acids is 1. The Kier molecular flexibility index (Phi) is 5.39. The molecule has 0 aromatic heterocycles. The van der Waals surface area contributed by atoms with Gasteiger partial charge >= 0.3 is 0 Å². The van der Waals surface area contributed by atoms with Gasteiger partial charge in [0.25, 0.3) is 0 Å². The summed E-state index contributed by atoms with van der Waals surface area (Å²) in [5, 5.41) is 3.53. The molecule has 1 unspecified atom stereocenters. The molecule has 0 bridgehead atoms. The van der Waals surface area contributed by atoms with Gasteiger partial charge in [-0.25, -0.2) is 4.39 Å². The van der Waals surface area contributed by atoms with E-state index in [0.29, 0.717) is 10.6 Å². The zero-order valence-corrected chi connectivity index (χ0v) is 13.2. The second-order valence-electron chi connectivity index (χ2n) is 4.99. The van der Waals surface area contributed by atoms with Crippen LogP contribution in [-0.2, 0) is 11.2 Å². The minimum Gasteiger partial charge on any atom is -0.494 e. The van der Waals surface area contributed by atoms with E-state index in [-0.39, 0.29) is 24.1 Å². The maximum Gasteiger partial charge on any atom is 0.224 e. The number of hydrogen-bond donors (Lipinski definition) is 1. The second-order valence-corrected chi connectivity index (χ2v) is 5.42. The molecule has 0 radical (unpaired) electrons. The van der Waals surface area contributed by atoms with E-state index in [1.165, 1.54) is 19.2 Å². The molecule has 0 spiro atoms. The minimum atomic E-state index is -0.474. The first-order valence-corrected chi connectivity index (χ1v) is 7.24. The van der Waals surface area contributed by atoms with Crippen molar-refractivity contribution in [1.29, 1.82) is 0 Å². The molecule has 2 aromatic rings. The maximum atomic E-state index is 13.6. The number of halogens is 2. The summed E-state index contributed by atoms with van der Waals surface area (Å²) in [6, 6.07) is 11.6. The highest BCUT2D eigenvalue weighted by molar-refractivity contribution is 6.30. The number of nitrogens with one attached hydrogen (secondary N) is 1. The van der Waals surface area contributed by atoms with E-state index in [1.807, 2.05) is 19.1 Å². The number of methoxy groups -OCH3 is 1. The van der Waals surface area contributed by atoms with Crippen molar-refractivity contribution in [3.63, 3.8) is 0 Å². The summed E-state index contributed by atoms with van der Waals surface area (Å²) < 4.78 is 18.4. The van der Waals surface area contributed by atoms with Gasteiger partial charge in [0.15, 0.2) is 11.6 Å². The molecule has 3 nitrogen and oxygen atoms in total. The van der Waals surface area contributed by atoms with Crippen molar-refractivity contribution in [2.24, 2.45) is 0 Å². The predicted octanol–water partition coefficient (Wildman–Crippen LogP) is 3.91. The molecule has 0 aliphatic rings. The van der Waals surface area contributed by atoms with Gasteiger partial charge in [-0.2, -0.15) is 0 Å². The molecule has 0 saturated carbocycles. The van der Waals surface area contributed by atoms with Crippen molar-refractivity contribution < 1.29 is 13.9 Å². The molecule has 2 aromatic carbocycles. The Morgan fingerprint density at radius 3 is 2.55 bits per heavy atom. The van der Waals surface area contributed by atoms with Gasteiger partial charge in [0.05, 0.1) is 19.6 Å². The number of ether oxygens (including phenoxy) is 1. The van der Waals surface area contributed by atoms with Crippen molar-refractivity contribution in [3.05, 3.63) is 64.4 Å². The lowest BCUT2D eigenvalue weighted by Gasteiger charge is -2.14. The Hall–Kier alpha value is -2.07. The van der Waals surface area contributed by atoms with E-state index < -0.39 is 5.82 Å². The molecule has 22 heavy (non-hydrogen) atoms. The Labute approximate surface area is 134 Å². The van der Waals surface area contributed by atoms with Crippen LogP contribution in [-0.4, -0.2) is 13.0 Å². The topological polar surface area (TPSA) is 38.3 Å². The lowest BCUT2D eigenvalue weighted by Crippen LogP contribution is -2.28. The number of carbonyl (C=O) groups is 1. The minimum absolute atomic E-state index is 0.110. The zero-order valence-electron chi connectivity index (χ0n) is 12.4. The van der Waals surface area contributed by atoms with Crippen molar-refractivity contribution >= 4 is 17.5 Å². The first kappa shape index (κ1) is 16.3. The first-order valence-electron chi connectivity index (χ1n) is 6.87. The molecule has 2 rings (SSSR count). The van der Waals surface area contributed by atoms with Crippen molar-refractivity contribution in [1.82, 2.24) is 5.32 Å². The molecule has 0 heterocycles. The van der Waals surface area contributed by atoms with Crippen LogP contribution < -0.4 is 10.1 Å². The van der Waals surface area contributed by atoms with E-state index in [1.54, 1.807) is 18.2 Å². The number of benzene rings is 2. The third-order valence-corrected chi connectivity index (χ3v) is 3.58. The van der Waals surface area contributed by atoms with Crippen LogP contribution in [0, 0.1) is 5.82 Å². The van der Waals surface area contributed by atoms with E-state index in [0.717, 1.165) is 5.56 Å². The molecule has 0 fully saturated rings. The van der Waals surface area contributed by atoms with Gasteiger partial charge in [0.2, 0.25) is 5.91 Å². The van der Waals surface area contributed by atoms with Crippen LogP contribution in [0.5, 0.6) is 5.75 Å². The Bertz CT molecular complexity index is 658. The molecule has 1 N–H and O–H groups in total. The van der Waals surface area contributed by atoms with Gasteiger partial charge in [-0.15, -0.1) is 0 Å². The third kappa shape index (κ3) is 4.21. The third-order valence-electron chi connectivity index (χ3n) is 3.33. The highest BCUT2D eigenvalue weighted by Crippen LogP contribution is 2.19. The van der Waals surface area contributed by atoms with Gasteiger partial charge in [-0.1, -0.05) is 29.8 Å². The van der Waals surface area contributed by atoms with Crippen LogP contribution in [0.1, 0.15) is 24.1 Å². The number of rotatable bonds is 5. The average molecular weight is 322 g/mol. The number of hydrogen-bond acceptors (Lipinski definition) is 2. The van der Waals surface area contributed by atoms with Crippen molar-refractivity contribution in [3.8, 4) is 5.75 Å². The molecule has 1 amide bonds. The summed E-state index contributed by atoms with van der Waals surface area (Å²) in [4.78, 5) is 12.0. The Morgan fingerprint density at radius 2 is 1.95 bits per heavy atom. The van der Waals surface area contributed by atoms with Crippen LogP contribution in [0.2, 0.25) is 5.02 Å². The van der Waals surface area contributed by atoms with Crippen LogP contribution >= 0.6 is 11.6 Å². The normalized spacial score (nSPS) is 11.8. The fourth-order valence-electron chi connectivity index (χ4n) is 2.13. The molecule has 1 atom stereocenters. The second kappa shape index (κ2) is 7.27. The quantitative estimate of drug-likeness (QED) is 0.906. The van der Waals surface area contributed by atoms with E-state index in [2.05, 4.69) is 5.32 Å². The van der Waals surface area contributed by atoms with Gasteiger partial charge in [-0.05, 0) is 42.3 Å². The fourth-order valence-corrected chi connectivity index (χ4v) is 2.26. The molecule has 0 aliphatic carbocycles. The zero-order chi connectivity index (χ0) is 16.1. The van der Waals surface area contributed by atoms with E-state index in [4.69, 9.17) is 16.3 Å². The molecular weight excluding hydrogens is 305 g/mol. The van der Waals surface area contributed by atoms with Crippen LogP contribution in [0.15, 0.2) is 42.5 Å². The van der Waals surface area contributed by atoms with Crippen molar-refractivity contribution in [2.45, 2.75) is 19.4 Å². The Morgan fingerprint density at radius 1 is 1.27 bits per heavy atom. The highest BCUT2D eigenvalue weighted by Gasteiger charge is 2.11. The maximum absolute atomic E-state index is 13.6. The largest absolute Gasteiger partial charge is 0.494 e. The Balaban J connectivity index is 1.97. The lowest BCUT2D eigenvalue weighted by molar-refractivity contribution is -0.121. The smallest absolute Gasteiger partial charge is 0.224 e. The van der Waals surface area contributed by atoms with Gasteiger partial charge in [-0.3, -0.25) is 4.79 Å². The summed E-state index contributed by atoms with van der Waals surface area (Å²) in [5.74, 6) is -0.482. The van der Waals surface area contributed by atoms with Gasteiger partial charge in [0.1, 0.15) is 0 Å². The first-order chi connectivity index (χ1) is 10.5. The molecule has 0 saturated heterocycles. The van der Waals surface area contributed by atoms with E-state index in [9.17, 15) is 9.18 Å². The summed E-state index contributed by atoms with van der Waals surface area (Å²) in [6.07, 6.45) is 0.110. The monoisotopic (exact) mass is 321 g/mol. The van der Waals surface area contributed by atoms with Crippen LogP contribution in [0.3, 0.4) is 0 Å². The fraction of sp³-hybridized carbons (Fsp3) is 0.235. The summed E-state index contributed by atoms with van der Waals surface area (Å²) in [6.45, 7) is 1.88. The molecule has 0 aliphatic heterocycles. The van der Waals surface area contributed by atoms with E-state index >= 15 is 0 Å². The molecule has 116 valence electrons. The standard InChI is InChI=1S/C17H17ClFNO2/c1-11(13-4-6-14(18)7-5-13)20-17(21)10-12-3-8-16(22-2)15(19)9-12/h3-9,11H,10H2,1-2H3,(H,20,21).